The number of benzene rings is 5. The van der Waals surface area contributed by atoms with Crippen LogP contribution < -0.4 is 19.6 Å². The summed E-state index contributed by atoms with van der Waals surface area (Å²) in [7, 11) is 8.75. The van der Waals surface area contributed by atoms with Crippen molar-refractivity contribution < 1.29 is 0 Å². The number of hydrogen-bond donors (Lipinski definition) is 0. The molecule has 572 valence electrons. The van der Waals surface area contributed by atoms with Gasteiger partial charge >= 0.3 is 0 Å². The molecule has 0 aliphatic carbocycles. The first-order valence-corrected chi connectivity index (χ1v) is 39.8. The summed E-state index contributed by atoms with van der Waals surface area (Å²) < 4.78 is 8.49. The molecule has 20 heteroatoms. The minimum absolute atomic E-state index is 0.481. The van der Waals surface area contributed by atoms with Crippen LogP contribution in [-0.2, 0) is 0 Å². The fraction of sp³-hybridized carbons (Fsp3) is 0.223. The van der Waals surface area contributed by atoms with Crippen molar-refractivity contribution in [1.82, 2.24) is 72.1 Å². The molecule has 19 nitrogen and oxygen atoms in total. The third-order valence-electron chi connectivity index (χ3n) is 22.6. The largest absolute Gasteiger partial charge is 0.369 e. The maximum atomic E-state index is 6.05. The Morgan fingerprint density at radius 3 is 0.833 bits per heavy atom. The molecule has 0 saturated carbocycles. The molecule has 16 aromatic rings. The molecule has 0 radical (unpaired) electrons. The Kier molecular flexibility index (Phi) is 22.1. The molecule has 0 amide bonds. The van der Waals surface area contributed by atoms with Crippen molar-refractivity contribution in [3.05, 3.63) is 298 Å². The van der Waals surface area contributed by atoms with E-state index < -0.39 is 0 Å². The summed E-state index contributed by atoms with van der Waals surface area (Å²) in [5.41, 5.74) is 28.3. The second kappa shape index (κ2) is 33.9. The molecule has 4 aliphatic heterocycles. The Labute approximate surface area is 671 Å². The number of hydrogen-bond acceptors (Lipinski definition) is 15. The summed E-state index contributed by atoms with van der Waals surface area (Å²) in [6, 6.07) is 75.1. The standard InChI is InChI=1S/C24H25N5.C24H24N4.C23H22ClN5.C23H23N5/c1-18-15-21(7-9-25-18)23-17-26-24-16-20(8-10-29(23)24)19-3-5-22(6-4-19)28-13-11-27(2)12-14-28;1-26-13-15-27(16-14-26)22-9-7-19(8-10-22)21-11-12-28-23(18-25-24(28)17-21)20-5-3-2-4-6-20;1-27-10-12-28(13-11-27)20-4-2-17(3-5-20)18-7-9-29-21(16-26-23(29)15-18)19-6-8-25-22(24)14-19;1-26-12-14-27(15-13-26)21-4-2-18(3-5-21)20-8-11-28-22(17-25-23(28)16-20)19-6-9-24-10-7-19/h3-10,15-17H,11-14H2,1-2H3;2-12,17-18H,13-16H2,1H3;2-9,14-16H,10-13H2,1H3;2-11,16-17H,12-15H2,1H3. The van der Waals surface area contributed by atoms with E-state index in [0.29, 0.717) is 5.15 Å². The predicted octanol–water partition coefficient (Wildman–Crippen LogP) is 16.8. The Bertz CT molecular complexity index is 5530. The quantitative estimate of drug-likeness (QED) is 0.107. The zero-order chi connectivity index (χ0) is 77.4. The average Bonchev–Trinajstić information content (AvgIpc) is 1.65. The molecule has 20 rings (SSSR count). The highest BCUT2D eigenvalue weighted by molar-refractivity contribution is 6.29. The fourth-order valence-electron chi connectivity index (χ4n) is 15.6. The minimum atomic E-state index is 0.481. The second-order valence-electron chi connectivity index (χ2n) is 30.2. The van der Waals surface area contributed by atoms with Crippen LogP contribution in [-0.4, -0.2) is 205 Å². The van der Waals surface area contributed by atoms with E-state index in [1.807, 2.05) is 86.7 Å². The molecule has 0 N–H and O–H groups in total. The van der Waals surface area contributed by atoms with Crippen molar-refractivity contribution in [2.75, 3.05) is 153 Å². The number of aryl methyl sites for hydroxylation is 1. The number of pyridine rings is 7. The van der Waals surface area contributed by atoms with Gasteiger partial charge in [-0.3, -0.25) is 27.6 Å². The van der Waals surface area contributed by atoms with E-state index in [4.69, 9.17) is 11.6 Å². The fourth-order valence-corrected chi connectivity index (χ4v) is 15.8. The molecular formula is C94H94ClN19. The van der Waals surface area contributed by atoms with Crippen LogP contribution in [0.2, 0.25) is 5.15 Å². The first-order valence-electron chi connectivity index (χ1n) is 39.5. The molecule has 0 unspecified atom stereocenters. The van der Waals surface area contributed by atoms with Crippen molar-refractivity contribution in [3.8, 4) is 89.5 Å². The molecule has 0 bridgehead atoms. The van der Waals surface area contributed by atoms with Crippen LogP contribution in [0.5, 0.6) is 0 Å². The third kappa shape index (κ3) is 16.9. The van der Waals surface area contributed by atoms with Crippen LogP contribution >= 0.6 is 11.6 Å². The van der Waals surface area contributed by atoms with Crippen LogP contribution in [0.15, 0.2) is 287 Å². The van der Waals surface area contributed by atoms with E-state index in [1.165, 1.54) is 67.3 Å². The zero-order valence-electron chi connectivity index (χ0n) is 65.3. The summed E-state index contributed by atoms with van der Waals surface area (Å²) in [6.07, 6.45) is 23.3. The minimum Gasteiger partial charge on any atom is -0.369 e. The number of nitrogens with zero attached hydrogens (tertiary/aromatic N) is 19. The van der Waals surface area contributed by atoms with Crippen LogP contribution in [0.25, 0.3) is 112 Å². The van der Waals surface area contributed by atoms with Crippen molar-refractivity contribution in [3.63, 3.8) is 0 Å². The molecule has 4 aliphatic rings. The Balaban J connectivity index is 0.000000110. The van der Waals surface area contributed by atoms with Gasteiger partial charge < -0.3 is 39.2 Å². The lowest BCUT2D eigenvalue weighted by Crippen LogP contribution is -2.44. The number of halogens is 1. The van der Waals surface area contributed by atoms with Gasteiger partial charge in [0.2, 0.25) is 0 Å². The van der Waals surface area contributed by atoms with E-state index in [-0.39, 0.29) is 0 Å². The number of piperazine rings is 4. The molecule has 4 fully saturated rings. The van der Waals surface area contributed by atoms with E-state index in [9.17, 15) is 0 Å². The first kappa shape index (κ1) is 74.4. The van der Waals surface area contributed by atoms with Gasteiger partial charge in [-0.15, -0.1) is 0 Å². The molecular weight excluding hydrogens is 1430 g/mol. The smallest absolute Gasteiger partial charge is 0.137 e. The summed E-state index contributed by atoms with van der Waals surface area (Å²) in [5.74, 6) is 0. The first-order chi connectivity index (χ1) is 55.9. The highest BCUT2D eigenvalue weighted by atomic mass is 35.5. The molecule has 114 heavy (non-hydrogen) atoms. The number of likely N-dealkylation sites (N-methyl/N-ethyl adjacent to an activating group) is 4. The number of imidazole rings is 4. The van der Waals surface area contributed by atoms with E-state index in [1.54, 1.807) is 6.20 Å². The van der Waals surface area contributed by atoms with Gasteiger partial charge in [0.15, 0.2) is 0 Å². The van der Waals surface area contributed by atoms with Crippen molar-refractivity contribution in [2.24, 2.45) is 0 Å². The van der Waals surface area contributed by atoms with Gasteiger partial charge in [0.25, 0.3) is 0 Å². The van der Waals surface area contributed by atoms with Gasteiger partial charge in [0.1, 0.15) is 27.7 Å². The number of aromatic nitrogens is 11. The number of rotatable bonds is 12. The molecule has 11 aromatic heterocycles. The predicted molar refractivity (Wildman–Crippen MR) is 466 cm³/mol. The van der Waals surface area contributed by atoms with Gasteiger partial charge in [-0.05, 0) is 213 Å². The number of anilines is 4. The topological polar surface area (TPSA) is 134 Å². The van der Waals surface area contributed by atoms with Gasteiger partial charge in [0.05, 0.1) is 47.6 Å². The Morgan fingerprint density at radius 1 is 0.246 bits per heavy atom. The average molecular weight is 1530 g/mol. The molecule has 0 spiro atoms. The lowest BCUT2D eigenvalue weighted by molar-refractivity contribution is 0.313. The van der Waals surface area contributed by atoms with Crippen LogP contribution in [0.1, 0.15) is 5.69 Å². The number of fused-ring (bicyclic) bond motifs is 4. The Morgan fingerprint density at radius 2 is 0.526 bits per heavy atom. The second-order valence-corrected chi connectivity index (χ2v) is 30.5. The summed E-state index contributed by atoms with van der Waals surface area (Å²) >= 11 is 6.05. The molecule has 15 heterocycles. The lowest BCUT2D eigenvalue weighted by Gasteiger charge is -2.34. The SMILES string of the molecule is CN1CCN(c2ccc(-c3ccn4c(-c5ccccc5)cnc4c3)cc2)CC1.CN1CCN(c2ccc(-c3ccn4c(-c5ccnc(Cl)c5)cnc4c3)cc2)CC1.CN1CCN(c2ccc(-c3ccn4c(-c5ccncc5)cnc4c3)cc2)CC1.Cc1cc(-c2cnc3cc(-c4ccc(N5CCN(C)CC5)cc4)ccn23)ccn1. The van der Waals surface area contributed by atoms with E-state index in [0.717, 1.165) is 178 Å². The van der Waals surface area contributed by atoms with Gasteiger partial charge in [-0.2, -0.15) is 0 Å². The Hall–Kier alpha value is -12.4. The van der Waals surface area contributed by atoms with Crippen molar-refractivity contribution in [2.45, 2.75) is 6.92 Å². The normalized spacial score (nSPS) is 15.2. The van der Waals surface area contributed by atoms with Crippen LogP contribution in [0.3, 0.4) is 0 Å². The monoisotopic (exact) mass is 1520 g/mol. The summed E-state index contributed by atoms with van der Waals surface area (Å²) in [4.78, 5) is 50.3. The van der Waals surface area contributed by atoms with E-state index >= 15 is 0 Å². The van der Waals surface area contributed by atoms with Gasteiger partial charge in [-0.1, -0.05) is 90.5 Å². The molecule has 5 aromatic carbocycles. The lowest BCUT2D eigenvalue weighted by atomic mass is 10.1. The highest BCUT2D eigenvalue weighted by Gasteiger charge is 2.21. The zero-order valence-corrected chi connectivity index (χ0v) is 66.1. The van der Waals surface area contributed by atoms with Gasteiger partial charge in [-0.25, -0.2) is 24.9 Å². The van der Waals surface area contributed by atoms with E-state index in [2.05, 4.69) is 321 Å². The molecule has 0 atom stereocenters. The highest BCUT2D eigenvalue weighted by Crippen LogP contribution is 2.34. The van der Waals surface area contributed by atoms with Gasteiger partial charge in [0, 0.05) is 205 Å². The molecule has 4 saturated heterocycles. The van der Waals surface area contributed by atoms with Crippen LogP contribution in [0, 0.1) is 6.92 Å². The van der Waals surface area contributed by atoms with Crippen LogP contribution in [0.4, 0.5) is 22.7 Å². The maximum Gasteiger partial charge on any atom is 0.137 e. The summed E-state index contributed by atoms with van der Waals surface area (Å²) in [6.45, 7) is 19.7. The maximum absolute atomic E-state index is 6.05. The van der Waals surface area contributed by atoms with Crippen molar-refractivity contribution in [1.29, 1.82) is 0 Å². The van der Waals surface area contributed by atoms with Crippen molar-refractivity contribution >= 4 is 56.9 Å². The summed E-state index contributed by atoms with van der Waals surface area (Å²) in [5, 5.41) is 0.481. The third-order valence-corrected chi connectivity index (χ3v) is 22.8.